The van der Waals surface area contributed by atoms with Gasteiger partial charge in [0.05, 0.1) is 11.4 Å². The summed E-state index contributed by atoms with van der Waals surface area (Å²) in [5.74, 6) is -0.0780. The summed E-state index contributed by atoms with van der Waals surface area (Å²) in [6, 6.07) is 14.7. The van der Waals surface area contributed by atoms with Crippen molar-refractivity contribution >= 4 is 27.3 Å². The molecule has 1 heterocycles. The molecule has 0 spiro atoms. The Morgan fingerprint density at radius 3 is 2.57 bits per heavy atom. The van der Waals surface area contributed by atoms with Gasteiger partial charge in [0, 0.05) is 11.1 Å². The van der Waals surface area contributed by atoms with Crippen LogP contribution < -0.4 is 4.31 Å². The topological polar surface area (TPSA) is 37.4 Å². The van der Waals surface area contributed by atoms with E-state index in [1.807, 2.05) is 31.2 Å². The molecule has 2 aromatic rings. The van der Waals surface area contributed by atoms with Gasteiger partial charge in [-0.05, 0) is 36.6 Å². The zero-order valence-electron chi connectivity index (χ0n) is 11.7. The van der Waals surface area contributed by atoms with Gasteiger partial charge in [-0.2, -0.15) is 0 Å². The largest absolute Gasteiger partial charge is 0.267 e. The predicted molar refractivity (Wildman–Crippen MR) is 86.2 cm³/mol. The highest BCUT2D eigenvalue weighted by molar-refractivity contribution is 7.92. The molecular formula is C16H16ClNO2S. The first kappa shape index (κ1) is 14.4. The second-order valence-electron chi connectivity index (χ2n) is 5.33. The minimum Gasteiger partial charge on any atom is -0.267 e. The number of sulfonamides is 1. The molecule has 110 valence electrons. The molecule has 5 heteroatoms. The van der Waals surface area contributed by atoms with Gasteiger partial charge in [-0.3, -0.25) is 4.31 Å². The van der Waals surface area contributed by atoms with Gasteiger partial charge < -0.3 is 0 Å². The number of halogens is 1. The van der Waals surface area contributed by atoms with Crippen LogP contribution in [0.1, 0.15) is 18.1 Å². The monoisotopic (exact) mass is 321 g/mol. The molecule has 3 rings (SSSR count). The van der Waals surface area contributed by atoms with Crippen molar-refractivity contribution in [1.29, 1.82) is 0 Å². The van der Waals surface area contributed by atoms with Gasteiger partial charge in [-0.15, -0.1) is 0 Å². The molecule has 0 aromatic heterocycles. The summed E-state index contributed by atoms with van der Waals surface area (Å²) in [5, 5.41) is 0.487. The molecule has 0 fully saturated rings. The van der Waals surface area contributed by atoms with Crippen molar-refractivity contribution in [2.24, 2.45) is 0 Å². The zero-order valence-corrected chi connectivity index (χ0v) is 13.2. The fraction of sp³-hybridized carbons (Fsp3) is 0.250. The number of hydrogen-bond donors (Lipinski definition) is 0. The fourth-order valence-electron chi connectivity index (χ4n) is 2.84. The van der Waals surface area contributed by atoms with Crippen LogP contribution in [0.25, 0.3) is 0 Å². The lowest BCUT2D eigenvalue weighted by Gasteiger charge is -2.24. The van der Waals surface area contributed by atoms with Gasteiger partial charge >= 0.3 is 0 Å². The van der Waals surface area contributed by atoms with E-state index in [0.717, 1.165) is 17.7 Å². The van der Waals surface area contributed by atoms with Crippen molar-refractivity contribution in [1.82, 2.24) is 0 Å². The van der Waals surface area contributed by atoms with E-state index in [4.69, 9.17) is 11.6 Å². The van der Waals surface area contributed by atoms with E-state index in [-0.39, 0.29) is 11.8 Å². The van der Waals surface area contributed by atoms with Crippen molar-refractivity contribution in [2.45, 2.75) is 25.1 Å². The smallest absolute Gasteiger partial charge is 0.239 e. The maximum atomic E-state index is 12.8. The van der Waals surface area contributed by atoms with Gasteiger partial charge in [-0.25, -0.2) is 8.42 Å². The maximum Gasteiger partial charge on any atom is 0.239 e. The maximum absolute atomic E-state index is 12.8. The molecule has 3 nitrogen and oxygen atoms in total. The number of rotatable bonds is 3. The normalized spacial score (nSPS) is 17.8. The Morgan fingerprint density at radius 1 is 1.14 bits per heavy atom. The van der Waals surface area contributed by atoms with Crippen LogP contribution >= 0.6 is 11.6 Å². The molecule has 0 saturated carbocycles. The number of nitrogens with zero attached hydrogens (tertiary/aromatic N) is 1. The molecule has 0 bridgehead atoms. The average Bonchev–Trinajstić information content (AvgIpc) is 2.77. The summed E-state index contributed by atoms with van der Waals surface area (Å²) in [6.45, 7) is 1.93. The van der Waals surface area contributed by atoms with Gasteiger partial charge in [0.25, 0.3) is 0 Å². The van der Waals surface area contributed by atoms with Gasteiger partial charge in [0.2, 0.25) is 10.0 Å². The second-order valence-corrected chi connectivity index (χ2v) is 7.58. The van der Waals surface area contributed by atoms with Crippen LogP contribution in [0.5, 0.6) is 0 Å². The van der Waals surface area contributed by atoms with E-state index in [0.29, 0.717) is 10.6 Å². The molecule has 21 heavy (non-hydrogen) atoms. The molecule has 1 aliphatic rings. The van der Waals surface area contributed by atoms with Crippen LogP contribution in [0.3, 0.4) is 0 Å². The third-order valence-corrected chi connectivity index (χ3v) is 5.94. The number of hydrogen-bond acceptors (Lipinski definition) is 2. The Kier molecular flexibility index (Phi) is 3.68. The van der Waals surface area contributed by atoms with Crippen molar-refractivity contribution in [3.63, 3.8) is 0 Å². The Hall–Kier alpha value is -1.52. The van der Waals surface area contributed by atoms with Gasteiger partial charge in [0.1, 0.15) is 0 Å². The quantitative estimate of drug-likeness (QED) is 0.866. The highest BCUT2D eigenvalue weighted by Crippen LogP contribution is 2.35. The molecular weight excluding hydrogens is 306 g/mol. The SMILES string of the molecule is C[C@H]1Cc2ccccc2N1S(=O)(=O)Cc1ccccc1Cl. The summed E-state index contributed by atoms with van der Waals surface area (Å²) in [6.07, 6.45) is 0.748. The molecule has 0 saturated heterocycles. The summed E-state index contributed by atoms with van der Waals surface area (Å²) in [5.41, 5.74) is 2.50. The Labute approximate surface area is 130 Å². The summed E-state index contributed by atoms with van der Waals surface area (Å²) >= 11 is 6.09. The van der Waals surface area contributed by atoms with E-state index in [2.05, 4.69) is 0 Å². The van der Waals surface area contributed by atoms with Gasteiger partial charge in [-0.1, -0.05) is 48.0 Å². The van der Waals surface area contributed by atoms with Crippen LogP contribution in [0.2, 0.25) is 5.02 Å². The van der Waals surface area contributed by atoms with Crippen LogP contribution in [0, 0.1) is 0 Å². The standard InChI is InChI=1S/C16H16ClNO2S/c1-12-10-13-6-3-5-9-16(13)18(12)21(19,20)11-14-7-2-4-8-15(14)17/h2-9,12H,10-11H2,1H3/t12-/m0/s1. The second kappa shape index (κ2) is 5.35. The molecule has 0 aliphatic carbocycles. The summed E-state index contributed by atoms with van der Waals surface area (Å²) in [4.78, 5) is 0. The first-order chi connectivity index (χ1) is 9.99. The highest BCUT2D eigenvalue weighted by atomic mass is 35.5. The molecule has 1 aliphatic heterocycles. The number of fused-ring (bicyclic) bond motifs is 1. The Balaban J connectivity index is 1.98. The first-order valence-corrected chi connectivity index (χ1v) is 8.81. The Bertz CT molecular complexity index is 773. The lowest BCUT2D eigenvalue weighted by atomic mass is 10.1. The molecule has 1 atom stereocenters. The number of benzene rings is 2. The molecule has 0 N–H and O–H groups in total. The minimum absolute atomic E-state index is 0.0603. The molecule has 0 radical (unpaired) electrons. The summed E-state index contributed by atoms with van der Waals surface area (Å²) < 4.78 is 27.1. The molecule has 0 unspecified atom stereocenters. The van der Waals surface area contributed by atoms with Crippen molar-refractivity contribution in [2.75, 3.05) is 4.31 Å². The van der Waals surface area contributed by atoms with Crippen LogP contribution in [-0.2, 0) is 22.2 Å². The lowest BCUT2D eigenvalue weighted by Crippen LogP contribution is -2.36. The molecule has 0 amide bonds. The minimum atomic E-state index is -3.45. The highest BCUT2D eigenvalue weighted by Gasteiger charge is 2.34. The van der Waals surface area contributed by atoms with E-state index < -0.39 is 10.0 Å². The summed E-state index contributed by atoms with van der Waals surface area (Å²) in [7, 11) is -3.45. The fourth-order valence-corrected chi connectivity index (χ4v) is 5.01. The Morgan fingerprint density at radius 2 is 1.81 bits per heavy atom. The predicted octanol–water partition coefficient (Wildman–Crippen LogP) is 3.62. The third kappa shape index (κ3) is 2.65. The molecule has 2 aromatic carbocycles. The van der Waals surface area contributed by atoms with Gasteiger partial charge in [0.15, 0.2) is 0 Å². The average molecular weight is 322 g/mol. The number of para-hydroxylation sites is 1. The van der Waals surface area contributed by atoms with Crippen molar-refractivity contribution in [3.05, 3.63) is 64.7 Å². The first-order valence-electron chi connectivity index (χ1n) is 6.82. The number of anilines is 1. The van der Waals surface area contributed by atoms with Crippen LogP contribution in [0.15, 0.2) is 48.5 Å². The van der Waals surface area contributed by atoms with Crippen molar-refractivity contribution in [3.8, 4) is 0 Å². The van der Waals surface area contributed by atoms with Crippen LogP contribution in [0.4, 0.5) is 5.69 Å². The van der Waals surface area contributed by atoms with E-state index in [1.54, 1.807) is 24.3 Å². The third-order valence-electron chi connectivity index (χ3n) is 3.74. The van der Waals surface area contributed by atoms with E-state index in [1.165, 1.54) is 4.31 Å². The van der Waals surface area contributed by atoms with E-state index >= 15 is 0 Å². The lowest BCUT2D eigenvalue weighted by molar-refractivity contribution is 0.583. The van der Waals surface area contributed by atoms with E-state index in [9.17, 15) is 8.42 Å². The zero-order chi connectivity index (χ0) is 15.0. The van der Waals surface area contributed by atoms with Crippen LogP contribution in [-0.4, -0.2) is 14.5 Å². The van der Waals surface area contributed by atoms with Crippen molar-refractivity contribution < 1.29 is 8.42 Å².